The van der Waals surface area contributed by atoms with Gasteiger partial charge in [0.05, 0.1) is 12.6 Å². The van der Waals surface area contributed by atoms with Gasteiger partial charge in [-0.05, 0) is 29.9 Å². The van der Waals surface area contributed by atoms with Gasteiger partial charge in [-0.3, -0.25) is 4.79 Å². The molecule has 2 N–H and O–H groups in total. The van der Waals surface area contributed by atoms with Gasteiger partial charge in [-0.2, -0.15) is 0 Å². The summed E-state index contributed by atoms with van der Waals surface area (Å²) in [5.74, 6) is 0.415. The number of nitrogens with one attached hydrogen (secondary N) is 2. The summed E-state index contributed by atoms with van der Waals surface area (Å²) in [5.41, 5.74) is 2.53. The first kappa shape index (κ1) is 19.4. The first-order valence-electron chi connectivity index (χ1n) is 9.73. The molecule has 2 aliphatic rings. The summed E-state index contributed by atoms with van der Waals surface area (Å²) >= 11 is 0. The fourth-order valence-corrected chi connectivity index (χ4v) is 3.49. The van der Waals surface area contributed by atoms with E-state index >= 15 is 0 Å². The van der Waals surface area contributed by atoms with Gasteiger partial charge in [0.2, 0.25) is 5.91 Å². The van der Waals surface area contributed by atoms with E-state index in [4.69, 9.17) is 4.74 Å². The third kappa shape index (κ3) is 5.32. The molecule has 2 amide bonds. The number of ether oxygens (including phenoxy) is 1. The number of carbonyl (C=O) groups excluding carboxylic acids is 2. The summed E-state index contributed by atoms with van der Waals surface area (Å²) in [4.78, 5) is 26.5. The second kappa shape index (κ2) is 9.04. The molecule has 0 aliphatic carbocycles. The highest BCUT2D eigenvalue weighted by molar-refractivity contribution is 5.84. The van der Waals surface area contributed by atoms with Crippen molar-refractivity contribution in [2.45, 2.75) is 38.8 Å². The predicted molar refractivity (Wildman–Crippen MR) is 105 cm³/mol. The molecule has 2 aliphatic heterocycles. The number of hydrogen-bond donors (Lipinski definition) is 2. The molecule has 1 saturated heterocycles. The smallest absolute Gasteiger partial charge is 0.407 e. The van der Waals surface area contributed by atoms with Crippen molar-refractivity contribution < 1.29 is 14.3 Å². The summed E-state index contributed by atoms with van der Waals surface area (Å²) in [6.07, 6.45) is 3.20. The highest BCUT2D eigenvalue weighted by atomic mass is 16.5. The Kier molecular flexibility index (Phi) is 6.50. The fraction of sp³-hybridized carbons (Fsp3) is 0.524. The molecule has 6 heteroatoms. The molecule has 0 radical (unpaired) electrons. The van der Waals surface area contributed by atoms with Crippen LogP contribution in [0.15, 0.2) is 36.4 Å². The fourth-order valence-electron chi connectivity index (χ4n) is 3.49. The lowest BCUT2D eigenvalue weighted by molar-refractivity contribution is -0.132. The summed E-state index contributed by atoms with van der Waals surface area (Å²) in [6.45, 7) is 6.34. The Labute approximate surface area is 161 Å². The molecule has 1 fully saturated rings. The number of hydrogen-bond acceptors (Lipinski definition) is 4. The maximum absolute atomic E-state index is 12.8. The summed E-state index contributed by atoms with van der Waals surface area (Å²) < 4.78 is 5.15. The molecule has 146 valence electrons. The molecule has 1 aromatic rings. The van der Waals surface area contributed by atoms with Gasteiger partial charge in [-0.15, -0.1) is 0 Å². The van der Waals surface area contributed by atoms with E-state index in [1.54, 1.807) is 0 Å². The topological polar surface area (TPSA) is 70.7 Å². The van der Waals surface area contributed by atoms with Crippen molar-refractivity contribution in [3.05, 3.63) is 42.0 Å². The van der Waals surface area contributed by atoms with Gasteiger partial charge in [-0.25, -0.2) is 4.79 Å². The van der Waals surface area contributed by atoms with E-state index < -0.39 is 6.09 Å². The predicted octanol–water partition coefficient (Wildman–Crippen LogP) is 2.42. The number of amides is 2. The minimum absolute atomic E-state index is 0.0705. The van der Waals surface area contributed by atoms with Gasteiger partial charge in [0.15, 0.2) is 0 Å². The molecule has 2 heterocycles. The van der Waals surface area contributed by atoms with Crippen molar-refractivity contribution in [2.75, 3.05) is 26.2 Å². The molecule has 0 unspecified atom stereocenters. The Balaban J connectivity index is 1.47. The Bertz CT molecular complexity index is 687. The van der Waals surface area contributed by atoms with Crippen molar-refractivity contribution in [1.29, 1.82) is 0 Å². The first-order chi connectivity index (χ1) is 13.0. The van der Waals surface area contributed by atoms with Crippen molar-refractivity contribution in [3.63, 3.8) is 0 Å². The zero-order chi connectivity index (χ0) is 19.2. The summed E-state index contributed by atoms with van der Waals surface area (Å²) in [7, 11) is 0. The van der Waals surface area contributed by atoms with E-state index in [9.17, 15) is 9.59 Å². The average Bonchev–Trinajstić information content (AvgIpc) is 3.15. The summed E-state index contributed by atoms with van der Waals surface area (Å²) in [6, 6.07) is 9.99. The van der Waals surface area contributed by atoms with Gasteiger partial charge in [0.25, 0.3) is 0 Å². The van der Waals surface area contributed by atoms with Crippen LogP contribution >= 0.6 is 0 Å². The van der Waals surface area contributed by atoms with E-state index in [-0.39, 0.29) is 18.0 Å². The van der Waals surface area contributed by atoms with Gasteiger partial charge in [0.1, 0.15) is 0 Å². The Morgan fingerprint density at radius 1 is 1.30 bits per heavy atom. The third-order valence-electron chi connectivity index (χ3n) is 4.96. The van der Waals surface area contributed by atoms with Crippen LogP contribution in [-0.2, 0) is 9.53 Å². The lowest BCUT2D eigenvalue weighted by Crippen LogP contribution is -2.45. The van der Waals surface area contributed by atoms with Crippen LogP contribution in [0.4, 0.5) is 4.79 Å². The standard InChI is InChI=1S/C21H29N3O3/c1-15(2)14-27-21(26)23-18-12-19(22-13-18)20(25)24-10-8-17(9-11-24)16-6-4-3-5-7-16/h3-8,15,18-19,22H,9-14H2,1-2H3,(H,23,26)/t18-,19+/m1/s1. The number of rotatable bonds is 5. The summed E-state index contributed by atoms with van der Waals surface area (Å²) in [5, 5.41) is 6.08. The van der Waals surface area contributed by atoms with Crippen LogP contribution in [0.5, 0.6) is 0 Å². The molecule has 3 rings (SSSR count). The second-order valence-electron chi connectivity index (χ2n) is 7.66. The van der Waals surface area contributed by atoms with E-state index in [1.165, 1.54) is 11.1 Å². The van der Waals surface area contributed by atoms with Crippen molar-refractivity contribution in [1.82, 2.24) is 15.5 Å². The van der Waals surface area contributed by atoms with Crippen LogP contribution in [0.3, 0.4) is 0 Å². The SMILES string of the molecule is CC(C)COC(=O)N[C@H]1CN[C@H](C(=O)N2CC=C(c3ccccc3)CC2)C1. The first-order valence-corrected chi connectivity index (χ1v) is 9.73. The van der Waals surface area contributed by atoms with E-state index in [2.05, 4.69) is 28.8 Å². The maximum atomic E-state index is 12.8. The average molecular weight is 371 g/mol. The molecule has 0 saturated carbocycles. The third-order valence-corrected chi connectivity index (χ3v) is 4.96. The van der Waals surface area contributed by atoms with Crippen LogP contribution in [0, 0.1) is 5.92 Å². The highest BCUT2D eigenvalue weighted by Crippen LogP contribution is 2.23. The lowest BCUT2D eigenvalue weighted by atomic mass is 9.99. The minimum atomic E-state index is -0.406. The van der Waals surface area contributed by atoms with Crippen LogP contribution in [0.2, 0.25) is 0 Å². The molecule has 0 aromatic heterocycles. The Morgan fingerprint density at radius 2 is 2.07 bits per heavy atom. The lowest BCUT2D eigenvalue weighted by Gasteiger charge is -2.29. The van der Waals surface area contributed by atoms with Crippen LogP contribution in [-0.4, -0.2) is 55.2 Å². The normalized spacial score (nSPS) is 22.5. The van der Waals surface area contributed by atoms with Crippen LogP contribution in [0.1, 0.15) is 32.3 Å². The van der Waals surface area contributed by atoms with Gasteiger partial charge in [0, 0.05) is 25.7 Å². The molecule has 6 nitrogen and oxygen atoms in total. The second-order valence-corrected chi connectivity index (χ2v) is 7.66. The number of alkyl carbamates (subject to hydrolysis) is 1. The molecule has 27 heavy (non-hydrogen) atoms. The van der Waals surface area contributed by atoms with Gasteiger partial charge < -0.3 is 20.3 Å². The zero-order valence-electron chi connectivity index (χ0n) is 16.1. The Morgan fingerprint density at radius 3 is 2.74 bits per heavy atom. The highest BCUT2D eigenvalue weighted by Gasteiger charge is 2.33. The largest absolute Gasteiger partial charge is 0.449 e. The van der Waals surface area contributed by atoms with E-state index in [0.717, 1.165) is 13.0 Å². The van der Waals surface area contributed by atoms with Crippen molar-refractivity contribution in [2.24, 2.45) is 5.92 Å². The maximum Gasteiger partial charge on any atom is 0.407 e. The number of carbonyl (C=O) groups is 2. The molecular formula is C21H29N3O3. The van der Waals surface area contributed by atoms with Crippen LogP contribution in [0.25, 0.3) is 5.57 Å². The van der Waals surface area contributed by atoms with Crippen molar-refractivity contribution >= 4 is 17.6 Å². The molecule has 2 atom stereocenters. The quantitative estimate of drug-likeness (QED) is 0.834. The zero-order valence-corrected chi connectivity index (χ0v) is 16.1. The molecule has 0 bridgehead atoms. The molecule has 1 aromatic carbocycles. The molecule has 0 spiro atoms. The minimum Gasteiger partial charge on any atom is -0.449 e. The number of nitrogens with zero attached hydrogens (tertiary/aromatic N) is 1. The van der Waals surface area contributed by atoms with Gasteiger partial charge >= 0.3 is 6.09 Å². The van der Waals surface area contributed by atoms with E-state index in [1.807, 2.05) is 36.9 Å². The van der Waals surface area contributed by atoms with E-state index in [0.29, 0.717) is 32.0 Å². The molecular weight excluding hydrogens is 342 g/mol. The number of benzene rings is 1. The Hall–Kier alpha value is -2.34. The van der Waals surface area contributed by atoms with Crippen molar-refractivity contribution in [3.8, 4) is 0 Å². The monoisotopic (exact) mass is 371 g/mol. The van der Waals surface area contributed by atoms with Gasteiger partial charge in [-0.1, -0.05) is 50.3 Å². The van der Waals surface area contributed by atoms with Crippen LogP contribution < -0.4 is 10.6 Å².